The number of ketones is 1. The highest BCUT2D eigenvalue weighted by atomic mass is 35.5. The van der Waals surface area contributed by atoms with Gasteiger partial charge in [-0.25, -0.2) is 4.39 Å². The Bertz CT molecular complexity index is 1250. The molecule has 0 radical (unpaired) electrons. The molecule has 0 saturated carbocycles. The SMILES string of the molecule is Nc1sc2c(ccc(=O)n2-c2ccccc2)c1C(=O)c1ccc(F)c(Cl)c1. The van der Waals surface area contributed by atoms with Crippen LogP contribution in [0.1, 0.15) is 15.9 Å². The highest BCUT2D eigenvalue weighted by molar-refractivity contribution is 7.22. The number of pyridine rings is 1. The second-order valence-electron chi connectivity index (χ2n) is 5.86. The van der Waals surface area contributed by atoms with Crippen LogP contribution in [0.4, 0.5) is 9.39 Å². The lowest BCUT2D eigenvalue weighted by atomic mass is 10.0. The molecule has 0 aliphatic carbocycles. The summed E-state index contributed by atoms with van der Waals surface area (Å²) in [7, 11) is 0. The van der Waals surface area contributed by atoms with Gasteiger partial charge in [-0.05, 0) is 36.4 Å². The summed E-state index contributed by atoms with van der Waals surface area (Å²) in [4.78, 5) is 26.0. The van der Waals surface area contributed by atoms with Crippen molar-refractivity contribution in [3.8, 4) is 5.69 Å². The number of nitrogens with zero attached hydrogens (tertiary/aromatic N) is 1. The Morgan fingerprint density at radius 2 is 1.81 bits per heavy atom. The summed E-state index contributed by atoms with van der Waals surface area (Å²) in [6.45, 7) is 0. The Kier molecular flexibility index (Phi) is 4.30. The molecule has 134 valence electrons. The van der Waals surface area contributed by atoms with Crippen molar-refractivity contribution in [2.24, 2.45) is 0 Å². The van der Waals surface area contributed by atoms with Gasteiger partial charge in [0.2, 0.25) is 0 Å². The molecule has 2 aromatic carbocycles. The molecule has 7 heteroatoms. The maximum absolute atomic E-state index is 13.4. The number of benzene rings is 2. The van der Waals surface area contributed by atoms with E-state index < -0.39 is 5.82 Å². The van der Waals surface area contributed by atoms with Crippen molar-refractivity contribution >= 4 is 43.9 Å². The Labute approximate surface area is 162 Å². The van der Waals surface area contributed by atoms with Crippen molar-refractivity contribution in [2.75, 3.05) is 5.73 Å². The molecule has 0 aliphatic rings. The van der Waals surface area contributed by atoms with Gasteiger partial charge < -0.3 is 5.73 Å². The van der Waals surface area contributed by atoms with Crippen LogP contribution in [0.3, 0.4) is 0 Å². The van der Waals surface area contributed by atoms with E-state index in [9.17, 15) is 14.0 Å². The number of anilines is 1. The third-order valence-corrected chi connectivity index (χ3v) is 5.50. The number of halogens is 2. The number of para-hydroxylation sites is 1. The minimum absolute atomic E-state index is 0.139. The second kappa shape index (κ2) is 6.64. The van der Waals surface area contributed by atoms with E-state index in [0.717, 1.165) is 17.4 Å². The van der Waals surface area contributed by atoms with E-state index in [4.69, 9.17) is 17.3 Å². The molecule has 0 atom stereocenters. The van der Waals surface area contributed by atoms with Crippen LogP contribution in [0, 0.1) is 5.82 Å². The summed E-state index contributed by atoms with van der Waals surface area (Å²) in [5, 5.41) is 0.706. The second-order valence-corrected chi connectivity index (χ2v) is 7.30. The molecule has 0 unspecified atom stereocenters. The van der Waals surface area contributed by atoms with Crippen LogP contribution in [0.15, 0.2) is 65.5 Å². The standard InChI is InChI=1S/C20H12ClFN2O2S/c21-14-10-11(6-8-15(14)22)18(26)17-13-7-9-16(25)24(20(13)27-19(17)23)12-4-2-1-3-5-12/h1-10H,23H2. The van der Waals surface area contributed by atoms with Crippen molar-refractivity contribution in [2.45, 2.75) is 0 Å². The summed E-state index contributed by atoms with van der Waals surface area (Å²) in [5.74, 6) is -0.979. The first-order chi connectivity index (χ1) is 13.0. The highest BCUT2D eigenvalue weighted by Crippen LogP contribution is 2.35. The first-order valence-corrected chi connectivity index (χ1v) is 9.16. The number of hydrogen-bond donors (Lipinski definition) is 1. The van der Waals surface area contributed by atoms with Crippen molar-refractivity contribution < 1.29 is 9.18 Å². The Morgan fingerprint density at radius 1 is 1.07 bits per heavy atom. The first kappa shape index (κ1) is 17.5. The number of hydrogen-bond acceptors (Lipinski definition) is 4. The van der Waals surface area contributed by atoms with Gasteiger partial charge >= 0.3 is 0 Å². The number of nitrogens with two attached hydrogens (primary N) is 1. The van der Waals surface area contributed by atoms with Gasteiger partial charge in [-0.15, -0.1) is 0 Å². The molecule has 0 saturated heterocycles. The van der Waals surface area contributed by atoms with E-state index in [2.05, 4.69) is 0 Å². The number of rotatable bonds is 3. The molecule has 4 aromatic rings. The van der Waals surface area contributed by atoms with Crippen LogP contribution in [0.2, 0.25) is 5.02 Å². The molecule has 2 aromatic heterocycles. The lowest BCUT2D eigenvalue weighted by Gasteiger charge is -2.07. The van der Waals surface area contributed by atoms with Crippen molar-refractivity contribution in [1.29, 1.82) is 0 Å². The molecule has 0 amide bonds. The van der Waals surface area contributed by atoms with Crippen LogP contribution < -0.4 is 11.3 Å². The molecule has 0 bridgehead atoms. The van der Waals surface area contributed by atoms with Crippen molar-refractivity contribution in [3.05, 3.63) is 93.0 Å². The van der Waals surface area contributed by atoms with E-state index in [-0.39, 0.29) is 32.5 Å². The Hall–Kier alpha value is -2.96. The summed E-state index contributed by atoms with van der Waals surface area (Å²) in [6.07, 6.45) is 0. The van der Waals surface area contributed by atoms with Gasteiger partial charge in [0.05, 0.1) is 21.3 Å². The monoisotopic (exact) mass is 398 g/mol. The smallest absolute Gasteiger partial charge is 0.256 e. The van der Waals surface area contributed by atoms with Gasteiger partial charge in [0.15, 0.2) is 5.78 Å². The fraction of sp³-hybridized carbons (Fsp3) is 0. The van der Waals surface area contributed by atoms with Gasteiger partial charge in [0.1, 0.15) is 10.6 Å². The fourth-order valence-corrected chi connectivity index (χ4v) is 4.20. The number of carbonyl (C=O) groups excluding carboxylic acids is 1. The number of fused-ring (bicyclic) bond motifs is 1. The average molecular weight is 399 g/mol. The normalized spacial score (nSPS) is 11.0. The van der Waals surface area contributed by atoms with Gasteiger partial charge in [-0.2, -0.15) is 0 Å². The minimum atomic E-state index is -0.603. The maximum Gasteiger partial charge on any atom is 0.256 e. The minimum Gasteiger partial charge on any atom is -0.390 e. The quantitative estimate of drug-likeness (QED) is 0.510. The molecule has 0 aliphatic heterocycles. The molecule has 0 fully saturated rings. The van der Waals surface area contributed by atoms with E-state index in [0.29, 0.717) is 15.9 Å². The van der Waals surface area contributed by atoms with Gasteiger partial charge in [0, 0.05) is 17.0 Å². The zero-order chi connectivity index (χ0) is 19.1. The number of aromatic nitrogens is 1. The van der Waals surface area contributed by atoms with Crippen LogP contribution >= 0.6 is 22.9 Å². The van der Waals surface area contributed by atoms with E-state index in [1.165, 1.54) is 22.8 Å². The number of carbonyl (C=O) groups is 1. The highest BCUT2D eigenvalue weighted by Gasteiger charge is 2.22. The van der Waals surface area contributed by atoms with E-state index in [1.807, 2.05) is 18.2 Å². The lowest BCUT2D eigenvalue weighted by Crippen LogP contribution is -2.16. The maximum atomic E-state index is 13.4. The van der Waals surface area contributed by atoms with E-state index >= 15 is 0 Å². The third-order valence-electron chi connectivity index (χ3n) is 4.19. The first-order valence-electron chi connectivity index (χ1n) is 7.96. The Morgan fingerprint density at radius 3 is 2.52 bits per heavy atom. The number of nitrogen functional groups attached to an aromatic ring is 1. The average Bonchev–Trinajstić information content (AvgIpc) is 2.99. The molecule has 27 heavy (non-hydrogen) atoms. The van der Waals surface area contributed by atoms with Crippen LogP contribution in [-0.4, -0.2) is 10.4 Å². The summed E-state index contributed by atoms with van der Waals surface area (Å²) >= 11 is 6.96. The lowest BCUT2D eigenvalue weighted by molar-refractivity contribution is 0.104. The Balaban J connectivity index is 1.95. The molecule has 2 heterocycles. The molecule has 2 N–H and O–H groups in total. The summed E-state index contributed by atoms with van der Waals surface area (Å²) in [5.41, 5.74) is 7.09. The number of thiophene rings is 1. The topological polar surface area (TPSA) is 65.1 Å². The largest absolute Gasteiger partial charge is 0.390 e. The third kappa shape index (κ3) is 2.93. The van der Waals surface area contributed by atoms with Gasteiger partial charge in [0.25, 0.3) is 5.56 Å². The molecule has 0 spiro atoms. The van der Waals surface area contributed by atoms with Gasteiger partial charge in [-0.3, -0.25) is 14.2 Å². The summed E-state index contributed by atoms with van der Waals surface area (Å²) in [6, 6.07) is 15.9. The molecular formula is C20H12ClFN2O2S. The van der Waals surface area contributed by atoms with Crippen molar-refractivity contribution in [1.82, 2.24) is 4.57 Å². The predicted molar refractivity (Wildman–Crippen MR) is 107 cm³/mol. The van der Waals surface area contributed by atoms with E-state index in [1.54, 1.807) is 18.2 Å². The fourth-order valence-electron chi connectivity index (χ4n) is 2.94. The molecule has 4 nitrogen and oxygen atoms in total. The predicted octanol–water partition coefficient (Wildman–Crippen LogP) is 4.66. The zero-order valence-corrected chi connectivity index (χ0v) is 15.4. The van der Waals surface area contributed by atoms with Crippen molar-refractivity contribution in [3.63, 3.8) is 0 Å². The van der Waals surface area contributed by atoms with Crippen LogP contribution in [0.25, 0.3) is 15.9 Å². The zero-order valence-electron chi connectivity index (χ0n) is 13.8. The van der Waals surface area contributed by atoms with Crippen LogP contribution in [-0.2, 0) is 0 Å². The van der Waals surface area contributed by atoms with Crippen LogP contribution in [0.5, 0.6) is 0 Å². The molecular weight excluding hydrogens is 387 g/mol. The molecule has 4 rings (SSSR count). The van der Waals surface area contributed by atoms with Gasteiger partial charge in [-0.1, -0.05) is 41.1 Å². The summed E-state index contributed by atoms with van der Waals surface area (Å²) < 4.78 is 14.9.